The zero-order chi connectivity index (χ0) is 21.9. The number of methoxy groups -OCH3 is 1. The Bertz CT molecular complexity index is 823. The van der Waals surface area contributed by atoms with Crippen molar-refractivity contribution in [1.82, 2.24) is 10.9 Å². The summed E-state index contributed by atoms with van der Waals surface area (Å²) in [6.07, 6.45) is 0.699. The minimum Gasteiger partial charge on any atom is -0.497 e. The summed E-state index contributed by atoms with van der Waals surface area (Å²) in [6.45, 7) is 5.84. The van der Waals surface area contributed by atoms with E-state index in [1.54, 1.807) is 31.4 Å². The Labute approximate surface area is 177 Å². The summed E-state index contributed by atoms with van der Waals surface area (Å²) in [4.78, 5) is 24.5. The van der Waals surface area contributed by atoms with Gasteiger partial charge < -0.3 is 14.2 Å². The maximum absolute atomic E-state index is 12.5. The van der Waals surface area contributed by atoms with Gasteiger partial charge >= 0.3 is 0 Å². The quantitative estimate of drug-likeness (QED) is 0.580. The summed E-state index contributed by atoms with van der Waals surface area (Å²) in [5, 5.41) is 0. The molecule has 0 heterocycles. The molecule has 0 spiro atoms. The Kier molecular flexibility index (Phi) is 9.00. The maximum Gasteiger partial charge on any atom is 0.279 e. The average Bonchev–Trinajstić information content (AvgIpc) is 2.79. The monoisotopic (exact) mass is 414 g/mol. The highest BCUT2D eigenvalue weighted by Crippen LogP contribution is 2.29. The standard InChI is InChI=1S/C23H30N2O5/c1-5-16(3)19-9-7-8-10-21(19)30-20(6-2)23(27)25-24-22(26)15-29-18-13-11-17(28-4)12-14-18/h7-14,16,20H,5-6,15H2,1-4H3,(H,24,26)(H,25,27). The second-order valence-electron chi connectivity index (χ2n) is 6.86. The number of para-hydroxylation sites is 1. The van der Waals surface area contributed by atoms with Gasteiger partial charge in [-0.15, -0.1) is 0 Å². The van der Waals surface area contributed by atoms with E-state index in [1.165, 1.54) is 0 Å². The zero-order valence-electron chi connectivity index (χ0n) is 17.9. The van der Waals surface area contributed by atoms with E-state index in [1.807, 2.05) is 31.2 Å². The fourth-order valence-corrected chi connectivity index (χ4v) is 2.76. The van der Waals surface area contributed by atoms with E-state index in [-0.39, 0.29) is 6.61 Å². The third kappa shape index (κ3) is 6.69. The molecule has 162 valence electrons. The van der Waals surface area contributed by atoms with E-state index in [0.717, 1.165) is 12.0 Å². The first-order valence-corrected chi connectivity index (χ1v) is 10.1. The van der Waals surface area contributed by atoms with Gasteiger partial charge in [0.05, 0.1) is 7.11 Å². The van der Waals surface area contributed by atoms with Crippen molar-refractivity contribution in [3.05, 3.63) is 54.1 Å². The van der Waals surface area contributed by atoms with Crippen LogP contribution in [0.25, 0.3) is 0 Å². The van der Waals surface area contributed by atoms with Crippen molar-refractivity contribution in [2.75, 3.05) is 13.7 Å². The molecular formula is C23H30N2O5. The van der Waals surface area contributed by atoms with Crippen LogP contribution in [0.3, 0.4) is 0 Å². The molecule has 2 rings (SSSR count). The number of rotatable bonds is 10. The molecule has 2 unspecified atom stereocenters. The Morgan fingerprint density at radius 3 is 2.23 bits per heavy atom. The molecule has 0 aliphatic heterocycles. The first kappa shape index (κ1) is 23.1. The van der Waals surface area contributed by atoms with Crippen molar-refractivity contribution in [1.29, 1.82) is 0 Å². The van der Waals surface area contributed by atoms with E-state index in [9.17, 15) is 9.59 Å². The van der Waals surface area contributed by atoms with E-state index in [2.05, 4.69) is 24.7 Å². The summed E-state index contributed by atoms with van der Waals surface area (Å²) in [7, 11) is 1.57. The van der Waals surface area contributed by atoms with E-state index in [0.29, 0.717) is 29.6 Å². The molecule has 0 saturated carbocycles. The maximum atomic E-state index is 12.5. The predicted molar refractivity (Wildman–Crippen MR) is 115 cm³/mol. The molecular weight excluding hydrogens is 384 g/mol. The third-order valence-electron chi connectivity index (χ3n) is 4.75. The van der Waals surface area contributed by atoms with Gasteiger partial charge in [-0.3, -0.25) is 20.4 Å². The van der Waals surface area contributed by atoms with Crippen LogP contribution < -0.4 is 25.1 Å². The molecule has 7 nitrogen and oxygen atoms in total. The molecule has 2 aromatic rings. The predicted octanol–water partition coefficient (Wildman–Crippen LogP) is 3.59. The molecule has 0 aliphatic carbocycles. The smallest absolute Gasteiger partial charge is 0.279 e. The lowest BCUT2D eigenvalue weighted by Gasteiger charge is -2.21. The first-order valence-electron chi connectivity index (χ1n) is 10.1. The number of benzene rings is 2. The number of hydrogen-bond donors (Lipinski definition) is 2. The highest BCUT2D eigenvalue weighted by Gasteiger charge is 2.21. The van der Waals surface area contributed by atoms with Gasteiger partial charge in [0, 0.05) is 0 Å². The van der Waals surface area contributed by atoms with Gasteiger partial charge in [0.2, 0.25) is 0 Å². The van der Waals surface area contributed by atoms with Crippen molar-refractivity contribution >= 4 is 11.8 Å². The summed E-state index contributed by atoms with van der Waals surface area (Å²) >= 11 is 0. The number of carbonyl (C=O) groups excluding carboxylic acids is 2. The van der Waals surface area contributed by atoms with Crippen LogP contribution in [-0.2, 0) is 9.59 Å². The fourth-order valence-electron chi connectivity index (χ4n) is 2.76. The van der Waals surface area contributed by atoms with Gasteiger partial charge in [0.1, 0.15) is 17.2 Å². The lowest BCUT2D eigenvalue weighted by Crippen LogP contribution is -2.49. The van der Waals surface area contributed by atoms with Crippen molar-refractivity contribution in [2.45, 2.75) is 45.6 Å². The molecule has 2 atom stereocenters. The van der Waals surface area contributed by atoms with Crippen molar-refractivity contribution in [2.24, 2.45) is 0 Å². The third-order valence-corrected chi connectivity index (χ3v) is 4.75. The van der Waals surface area contributed by atoms with Crippen LogP contribution >= 0.6 is 0 Å². The van der Waals surface area contributed by atoms with Gasteiger partial charge in [-0.1, -0.05) is 39.0 Å². The van der Waals surface area contributed by atoms with Crippen molar-refractivity contribution < 1.29 is 23.8 Å². The molecule has 0 bridgehead atoms. The van der Waals surface area contributed by atoms with Gasteiger partial charge in [0.25, 0.3) is 11.8 Å². The fraction of sp³-hybridized carbons (Fsp3) is 0.391. The molecule has 0 fully saturated rings. The SMILES string of the molecule is CCC(Oc1ccccc1C(C)CC)C(=O)NNC(=O)COc1ccc(OC)cc1. The van der Waals surface area contributed by atoms with Crippen LogP contribution in [0.1, 0.15) is 45.1 Å². The molecule has 0 aliphatic rings. The molecule has 0 aromatic heterocycles. The molecule has 7 heteroatoms. The highest BCUT2D eigenvalue weighted by atomic mass is 16.5. The van der Waals surface area contributed by atoms with Crippen LogP contribution in [-0.4, -0.2) is 31.6 Å². The lowest BCUT2D eigenvalue weighted by atomic mass is 9.98. The largest absolute Gasteiger partial charge is 0.497 e. The summed E-state index contributed by atoms with van der Waals surface area (Å²) in [6, 6.07) is 14.6. The first-order chi connectivity index (χ1) is 14.5. The highest BCUT2D eigenvalue weighted by molar-refractivity contribution is 5.85. The number of nitrogens with one attached hydrogen (secondary N) is 2. The van der Waals surface area contributed by atoms with Crippen LogP contribution in [0, 0.1) is 0 Å². The number of amides is 2. The van der Waals surface area contributed by atoms with E-state index < -0.39 is 17.9 Å². The Hall–Kier alpha value is -3.22. The van der Waals surface area contributed by atoms with Crippen LogP contribution in [0.5, 0.6) is 17.2 Å². The van der Waals surface area contributed by atoms with Crippen LogP contribution in [0.2, 0.25) is 0 Å². The number of carbonyl (C=O) groups is 2. The number of hydrogen-bond acceptors (Lipinski definition) is 5. The summed E-state index contributed by atoms with van der Waals surface area (Å²) < 4.78 is 16.4. The normalized spacial score (nSPS) is 12.4. The minimum absolute atomic E-state index is 0.235. The van der Waals surface area contributed by atoms with Gasteiger partial charge in [0.15, 0.2) is 12.7 Å². The van der Waals surface area contributed by atoms with Crippen LogP contribution in [0.4, 0.5) is 0 Å². The molecule has 2 amide bonds. The summed E-state index contributed by atoms with van der Waals surface area (Å²) in [5.74, 6) is 1.32. The average molecular weight is 415 g/mol. The Balaban J connectivity index is 1.85. The molecule has 0 radical (unpaired) electrons. The van der Waals surface area contributed by atoms with Crippen molar-refractivity contribution in [3.8, 4) is 17.2 Å². The van der Waals surface area contributed by atoms with Gasteiger partial charge in [-0.05, 0) is 54.7 Å². The molecule has 2 aromatic carbocycles. The van der Waals surface area contributed by atoms with E-state index in [4.69, 9.17) is 14.2 Å². The Morgan fingerprint density at radius 1 is 0.933 bits per heavy atom. The second-order valence-corrected chi connectivity index (χ2v) is 6.86. The van der Waals surface area contributed by atoms with Gasteiger partial charge in [-0.25, -0.2) is 0 Å². The Morgan fingerprint density at radius 2 is 1.60 bits per heavy atom. The van der Waals surface area contributed by atoms with Crippen LogP contribution in [0.15, 0.2) is 48.5 Å². The van der Waals surface area contributed by atoms with E-state index >= 15 is 0 Å². The second kappa shape index (κ2) is 11.7. The topological polar surface area (TPSA) is 85.9 Å². The molecule has 30 heavy (non-hydrogen) atoms. The summed E-state index contributed by atoms with van der Waals surface area (Å²) in [5.41, 5.74) is 5.82. The molecule has 2 N–H and O–H groups in total. The zero-order valence-corrected chi connectivity index (χ0v) is 17.9. The number of hydrazine groups is 1. The lowest BCUT2D eigenvalue weighted by molar-refractivity contribution is -0.134. The number of ether oxygens (including phenoxy) is 3. The molecule has 0 saturated heterocycles. The van der Waals surface area contributed by atoms with Gasteiger partial charge in [-0.2, -0.15) is 0 Å². The van der Waals surface area contributed by atoms with Crippen molar-refractivity contribution in [3.63, 3.8) is 0 Å². The minimum atomic E-state index is -0.724.